The first kappa shape index (κ1) is 15.4. The predicted molar refractivity (Wildman–Crippen MR) is 75.7 cm³/mol. The highest BCUT2D eigenvalue weighted by Gasteiger charge is 2.11. The molecule has 1 amide bonds. The van der Waals surface area contributed by atoms with Gasteiger partial charge in [-0.25, -0.2) is 4.39 Å². The largest absolute Gasteiger partial charge is 0.363 e. The van der Waals surface area contributed by atoms with Gasteiger partial charge in [0.05, 0.1) is 12.2 Å². The molecule has 1 aromatic rings. The summed E-state index contributed by atoms with van der Waals surface area (Å²) in [5.74, 6) is -0.446. The Balaban J connectivity index is 2.68. The summed E-state index contributed by atoms with van der Waals surface area (Å²) in [4.78, 5) is 12.9. The highest BCUT2D eigenvalue weighted by Crippen LogP contribution is 2.19. The third kappa shape index (κ3) is 4.87. The zero-order chi connectivity index (χ0) is 14.3. The van der Waals surface area contributed by atoms with Gasteiger partial charge in [0, 0.05) is 20.6 Å². The molecule has 0 fully saturated rings. The van der Waals surface area contributed by atoms with Crippen LogP contribution in [0, 0.1) is 5.82 Å². The minimum absolute atomic E-state index is 0.140. The molecule has 4 nitrogen and oxygen atoms in total. The van der Waals surface area contributed by atoms with Gasteiger partial charge in [-0.2, -0.15) is 0 Å². The Bertz CT molecular complexity index is 423. The molecule has 5 heteroatoms. The molecule has 19 heavy (non-hydrogen) atoms. The van der Waals surface area contributed by atoms with E-state index in [4.69, 9.17) is 0 Å². The maximum absolute atomic E-state index is 14.0. The number of carbonyl (C=O) groups is 1. The van der Waals surface area contributed by atoms with Gasteiger partial charge in [-0.15, -0.1) is 0 Å². The van der Waals surface area contributed by atoms with Crippen LogP contribution < -0.4 is 15.5 Å². The number of benzene rings is 1. The Morgan fingerprint density at radius 3 is 2.74 bits per heavy atom. The fraction of sp³-hybridized carbons (Fsp3) is 0.500. The lowest BCUT2D eigenvalue weighted by Gasteiger charge is -2.19. The molecule has 0 aliphatic heterocycles. The normalized spacial score (nSPS) is 10.3. The topological polar surface area (TPSA) is 44.4 Å². The van der Waals surface area contributed by atoms with Crippen molar-refractivity contribution in [2.45, 2.75) is 19.9 Å². The van der Waals surface area contributed by atoms with Crippen LogP contribution in [0.3, 0.4) is 0 Å². The second-order valence-corrected chi connectivity index (χ2v) is 4.49. The second kappa shape index (κ2) is 7.74. The summed E-state index contributed by atoms with van der Waals surface area (Å²) in [5.41, 5.74) is 1.34. The molecule has 0 atom stereocenters. The molecule has 2 N–H and O–H groups in total. The summed E-state index contributed by atoms with van der Waals surface area (Å²) < 4.78 is 14.0. The minimum Gasteiger partial charge on any atom is -0.363 e. The van der Waals surface area contributed by atoms with Gasteiger partial charge in [0.15, 0.2) is 0 Å². The van der Waals surface area contributed by atoms with Crippen molar-refractivity contribution in [1.82, 2.24) is 10.6 Å². The van der Waals surface area contributed by atoms with Gasteiger partial charge < -0.3 is 15.5 Å². The van der Waals surface area contributed by atoms with E-state index in [0.29, 0.717) is 12.2 Å². The van der Waals surface area contributed by atoms with Crippen LogP contribution in [0.25, 0.3) is 0 Å². The van der Waals surface area contributed by atoms with Crippen LogP contribution in [-0.2, 0) is 11.3 Å². The summed E-state index contributed by atoms with van der Waals surface area (Å²) in [6.07, 6.45) is 1.05. The summed E-state index contributed by atoms with van der Waals surface area (Å²) in [7, 11) is 3.26. The molecule has 0 spiro atoms. The van der Waals surface area contributed by atoms with E-state index in [9.17, 15) is 9.18 Å². The van der Waals surface area contributed by atoms with E-state index in [0.717, 1.165) is 18.5 Å². The number of carbonyl (C=O) groups excluding carboxylic acids is 1. The van der Waals surface area contributed by atoms with E-state index < -0.39 is 0 Å². The number of hydrogen-bond acceptors (Lipinski definition) is 3. The van der Waals surface area contributed by atoms with E-state index in [-0.39, 0.29) is 18.3 Å². The van der Waals surface area contributed by atoms with Gasteiger partial charge in [-0.1, -0.05) is 13.0 Å². The van der Waals surface area contributed by atoms with Crippen LogP contribution in [0.5, 0.6) is 0 Å². The van der Waals surface area contributed by atoms with Crippen LogP contribution >= 0.6 is 0 Å². The number of hydrogen-bond donors (Lipinski definition) is 2. The van der Waals surface area contributed by atoms with Crippen LogP contribution in [0.4, 0.5) is 10.1 Å². The molecular formula is C14H22FN3O. The molecule has 0 aliphatic carbocycles. The van der Waals surface area contributed by atoms with Gasteiger partial charge in [0.25, 0.3) is 0 Å². The van der Waals surface area contributed by atoms with Gasteiger partial charge >= 0.3 is 0 Å². The molecule has 0 saturated carbocycles. The van der Waals surface area contributed by atoms with Gasteiger partial charge in [0.2, 0.25) is 5.91 Å². The third-order valence-corrected chi connectivity index (χ3v) is 2.84. The van der Waals surface area contributed by atoms with Crippen molar-refractivity contribution >= 4 is 11.6 Å². The van der Waals surface area contributed by atoms with Crippen molar-refractivity contribution in [3.63, 3.8) is 0 Å². The zero-order valence-corrected chi connectivity index (χ0v) is 11.8. The zero-order valence-electron chi connectivity index (χ0n) is 11.8. The fourth-order valence-electron chi connectivity index (χ4n) is 1.76. The van der Waals surface area contributed by atoms with Crippen molar-refractivity contribution in [2.24, 2.45) is 0 Å². The molecule has 0 bridgehead atoms. The first-order chi connectivity index (χ1) is 9.08. The minimum atomic E-state index is -0.304. The average Bonchev–Trinajstić information content (AvgIpc) is 2.38. The van der Waals surface area contributed by atoms with Crippen LogP contribution in [0.1, 0.15) is 18.9 Å². The molecular weight excluding hydrogens is 245 g/mol. The fourth-order valence-corrected chi connectivity index (χ4v) is 1.76. The number of halogens is 1. The van der Waals surface area contributed by atoms with Crippen molar-refractivity contribution in [1.29, 1.82) is 0 Å². The SMILES string of the molecule is CCCNCc1ccc(N(C)CC(=O)NC)c(F)c1. The van der Waals surface area contributed by atoms with Crippen molar-refractivity contribution in [2.75, 3.05) is 32.1 Å². The lowest BCUT2D eigenvalue weighted by Crippen LogP contribution is -2.33. The standard InChI is InChI=1S/C14H22FN3O/c1-4-7-17-9-11-5-6-13(12(15)8-11)18(3)10-14(19)16-2/h5-6,8,17H,4,7,9-10H2,1-3H3,(H,16,19). The maximum atomic E-state index is 14.0. The van der Waals surface area contributed by atoms with Crippen LogP contribution in [0.15, 0.2) is 18.2 Å². The number of likely N-dealkylation sites (N-methyl/N-ethyl adjacent to an activating group) is 2. The van der Waals surface area contributed by atoms with Crippen molar-refractivity contribution in [3.8, 4) is 0 Å². The number of nitrogens with one attached hydrogen (secondary N) is 2. The highest BCUT2D eigenvalue weighted by molar-refractivity contribution is 5.80. The molecule has 1 aromatic carbocycles. The summed E-state index contributed by atoms with van der Waals surface area (Å²) in [6, 6.07) is 5.10. The first-order valence-corrected chi connectivity index (χ1v) is 6.49. The third-order valence-electron chi connectivity index (χ3n) is 2.84. The smallest absolute Gasteiger partial charge is 0.239 e. The van der Waals surface area contributed by atoms with E-state index in [1.165, 1.54) is 6.07 Å². The Kier molecular flexibility index (Phi) is 6.29. The predicted octanol–water partition coefficient (Wildman–Crippen LogP) is 1.51. The summed E-state index contributed by atoms with van der Waals surface area (Å²) in [6.45, 7) is 3.80. The van der Waals surface area contributed by atoms with Gasteiger partial charge in [-0.3, -0.25) is 4.79 Å². The van der Waals surface area contributed by atoms with Gasteiger partial charge in [0.1, 0.15) is 5.82 Å². The van der Waals surface area contributed by atoms with E-state index in [1.807, 2.05) is 6.07 Å². The van der Waals surface area contributed by atoms with Crippen molar-refractivity contribution in [3.05, 3.63) is 29.6 Å². The van der Waals surface area contributed by atoms with E-state index >= 15 is 0 Å². The first-order valence-electron chi connectivity index (χ1n) is 6.49. The number of rotatable bonds is 7. The molecule has 0 saturated heterocycles. The van der Waals surface area contributed by atoms with Crippen LogP contribution in [-0.4, -0.2) is 33.1 Å². The highest BCUT2D eigenvalue weighted by atomic mass is 19.1. The lowest BCUT2D eigenvalue weighted by atomic mass is 10.2. The lowest BCUT2D eigenvalue weighted by molar-refractivity contribution is -0.119. The Labute approximate surface area is 114 Å². The van der Waals surface area contributed by atoms with E-state index in [2.05, 4.69) is 17.6 Å². The molecule has 106 valence electrons. The number of nitrogens with zero attached hydrogens (tertiary/aromatic N) is 1. The second-order valence-electron chi connectivity index (χ2n) is 4.49. The van der Waals surface area contributed by atoms with Gasteiger partial charge in [-0.05, 0) is 30.7 Å². The quantitative estimate of drug-likeness (QED) is 0.736. The van der Waals surface area contributed by atoms with Crippen molar-refractivity contribution < 1.29 is 9.18 Å². The molecule has 1 rings (SSSR count). The monoisotopic (exact) mass is 267 g/mol. The Hall–Kier alpha value is -1.62. The summed E-state index contributed by atoms with van der Waals surface area (Å²) >= 11 is 0. The Morgan fingerprint density at radius 2 is 2.16 bits per heavy atom. The van der Waals surface area contributed by atoms with E-state index in [1.54, 1.807) is 25.1 Å². The Morgan fingerprint density at radius 1 is 1.42 bits per heavy atom. The molecule has 0 aromatic heterocycles. The maximum Gasteiger partial charge on any atom is 0.239 e. The molecule has 0 heterocycles. The van der Waals surface area contributed by atoms with Crippen LogP contribution in [0.2, 0.25) is 0 Å². The number of anilines is 1. The number of amides is 1. The average molecular weight is 267 g/mol. The molecule has 0 aliphatic rings. The summed E-state index contributed by atoms with van der Waals surface area (Å²) in [5, 5.41) is 5.74. The molecule has 0 unspecified atom stereocenters. The molecule has 0 radical (unpaired) electrons.